The van der Waals surface area contributed by atoms with Gasteiger partial charge >= 0.3 is 0 Å². The average Bonchev–Trinajstić information content (AvgIpc) is 2.82. The number of aliphatic imine (C=N–C) groups is 1. The van der Waals surface area contributed by atoms with E-state index in [2.05, 4.69) is 4.99 Å². The van der Waals surface area contributed by atoms with Crippen molar-refractivity contribution in [3.63, 3.8) is 0 Å². The van der Waals surface area contributed by atoms with Crippen LogP contribution in [-0.4, -0.2) is 35.1 Å². The number of aryl methyl sites for hydroxylation is 1. The Morgan fingerprint density at radius 2 is 1.66 bits per heavy atom. The summed E-state index contributed by atoms with van der Waals surface area (Å²) in [6, 6.07) is 21.9. The molecule has 0 saturated carbocycles. The van der Waals surface area contributed by atoms with Gasteiger partial charge in [-0.3, -0.25) is 4.79 Å². The molecule has 4 rings (SSSR count). The van der Waals surface area contributed by atoms with Crippen LogP contribution < -0.4 is 4.90 Å². The highest BCUT2D eigenvalue weighted by Crippen LogP contribution is 2.29. The lowest BCUT2D eigenvalue weighted by Gasteiger charge is -2.18. The third-order valence-electron chi connectivity index (χ3n) is 4.54. The zero-order chi connectivity index (χ0) is 21.0. The van der Waals surface area contributed by atoms with Crippen molar-refractivity contribution in [1.29, 1.82) is 0 Å². The van der Waals surface area contributed by atoms with E-state index in [1.54, 1.807) is 31.3 Å². The third-order valence-corrected chi connectivity index (χ3v) is 4.78. The molecule has 0 saturated heterocycles. The normalized spacial score (nSPS) is 15.6. The van der Waals surface area contributed by atoms with Gasteiger partial charge in [0.2, 0.25) is 6.23 Å². The van der Waals surface area contributed by atoms with E-state index in [4.69, 9.17) is 16.7 Å². The molecule has 0 aromatic heterocycles. The largest absolute Gasteiger partial charge is 0.508 e. The predicted octanol–water partition coefficient (Wildman–Crippen LogP) is 4.17. The summed E-state index contributed by atoms with van der Waals surface area (Å²) in [6.07, 6.45) is -1.42. The van der Waals surface area contributed by atoms with Gasteiger partial charge in [-0.2, -0.15) is 0 Å². The van der Waals surface area contributed by atoms with Crippen LogP contribution in [-0.2, 0) is 4.79 Å². The van der Waals surface area contributed by atoms with Crippen molar-refractivity contribution < 1.29 is 15.0 Å². The van der Waals surface area contributed by atoms with Crippen molar-refractivity contribution >= 4 is 28.9 Å². The van der Waals surface area contributed by atoms with Gasteiger partial charge < -0.3 is 15.1 Å². The fourth-order valence-electron chi connectivity index (χ4n) is 2.92. The Labute approximate surface area is 174 Å². The maximum absolute atomic E-state index is 12.1. The van der Waals surface area contributed by atoms with Crippen LogP contribution in [0.3, 0.4) is 0 Å². The Morgan fingerprint density at radius 1 is 1.00 bits per heavy atom. The second-order valence-corrected chi connectivity index (χ2v) is 7.00. The van der Waals surface area contributed by atoms with Crippen molar-refractivity contribution in [2.75, 3.05) is 11.9 Å². The molecule has 29 heavy (non-hydrogen) atoms. The molecule has 1 amide bonds. The number of benzene rings is 3. The molecular formula is C23H21ClN2O3. The quantitative estimate of drug-likeness (QED) is 0.634. The molecule has 5 nitrogen and oxygen atoms in total. The molecule has 6 heteroatoms. The minimum absolute atomic E-state index is 0.368. The lowest BCUT2D eigenvalue weighted by Crippen LogP contribution is -2.34. The molecule has 3 aromatic rings. The molecule has 1 unspecified atom stereocenters. The molecule has 1 aliphatic rings. The van der Waals surface area contributed by atoms with Crippen molar-refractivity contribution in [3.8, 4) is 5.75 Å². The molecule has 0 spiro atoms. The monoisotopic (exact) mass is 408 g/mol. The molecule has 1 atom stereocenters. The van der Waals surface area contributed by atoms with Gasteiger partial charge in [0.15, 0.2) is 0 Å². The second-order valence-electron chi connectivity index (χ2n) is 6.56. The van der Waals surface area contributed by atoms with Crippen LogP contribution in [0.15, 0.2) is 77.8 Å². The molecule has 0 aliphatic carbocycles. The lowest BCUT2D eigenvalue weighted by atomic mass is 10.0. The van der Waals surface area contributed by atoms with Gasteiger partial charge in [-0.15, -0.1) is 0 Å². The van der Waals surface area contributed by atoms with Gasteiger partial charge in [-0.25, -0.2) is 4.99 Å². The number of carbonyl (C=O) groups is 1. The summed E-state index contributed by atoms with van der Waals surface area (Å²) in [5.74, 6) is -0.1000. The minimum atomic E-state index is -1.42. The fraction of sp³-hybridized carbons (Fsp3) is 0.130. The molecule has 0 radical (unpaired) electrons. The van der Waals surface area contributed by atoms with E-state index >= 15 is 0 Å². The third kappa shape index (κ3) is 4.65. The van der Waals surface area contributed by atoms with E-state index in [0.717, 1.165) is 16.7 Å². The second kappa shape index (κ2) is 8.90. The first-order chi connectivity index (χ1) is 13.9. The number of halogens is 1. The number of nitrogens with zero attached hydrogens (tertiary/aromatic N) is 2. The zero-order valence-corrected chi connectivity index (χ0v) is 16.8. The van der Waals surface area contributed by atoms with Crippen LogP contribution in [0.5, 0.6) is 5.75 Å². The van der Waals surface area contributed by atoms with Gasteiger partial charge in [0.05, 0.1) is 11.4 Å². The van der Waals surface area contributed by atoms with Gasteiger partial charge in [-0.05, 0) is 36.8 Å². The molecular weight excluding hydrogens is 388 g/mol. The van der Waals surface area contributed by atoms with E-state index in [0.29, 0.717) is 22.2 Å². The number of rotatable bonds is 1. The number of hydrogen-bond donors (Lipinski definition) is 2. The summed E-state index contributed by atoms with van der Waals surface area (Å²) in [5, 5.41) is 19.5. The van der Waals surface area contributed by atoms with Crippen LogP contribution in [0.25, 0.3) is 0 Å². The summed E-state index contributed by atoms with van der Waals surface area (Å²) in [7, 11) is 1.61. The number of aromatic hydroxyl groups is 1. The fourth-order valence-corrected chi connectivity index (χ4v) is 3.09. The Balaban J connectivity index is 0.000000252. The average molecular weight is 409 g/mol. The Bertz CT molecular complexity index is 1030. The van der Waals surface area contributed by atoms with Crippen molar-refractivity contribution in [3.05, 3.63) is 94.5 Å². The van der Waals surface area contributed by atoms with E-state index in [9.17, 15) is 9.90 Å². The number of anilines is 1. The van der Waals surface area contributed by atoms with Crippen LogP contribution in [0, 0.1) is 6.92 Å². The van der Waals surface area contributed by atoms with Crippen molar-refractivity contribution in [2.45, 2.75) is 13.2 Å². The lowest BCUT2D eigenvalue weighted by molar-refractivity contribution is -0.125. The Morgan fingerprint density at radius 3 is 2.28 bits per heavy atom. The van der Waals surface area contributed by atoms with E-state index in [1.807, 2.05) is 55.5 Å². The highest BCUT2D eigenvalue weighted by Gasteiger charge is 2.28. The van der Waals surface area contributed by atoms with E-state index in [-0.39, 0.29) is 0 Å². The van der Waals surface area contributed by atoms with Gasteiger partial charge in [-0.1, -0.05) is 60.1 Å². The number of aliphatic hydroxyl groups is 1. The smallest absolute Gasteiger partial charge is 0.278 e. The minimum Gasteiger partial charge on any atom is -0.508 e. The van der Waals surface area contributed by atoms with Gasteiger partial charge in [0.1, 0.15) is 5.75 Å². The molecule has 0 bridgehead atoms. The summed E-state index contributed by atoms with van der Waals surface area (Å²) < 4.78 is 0. The highest BCUT2D eigenvalue weighted by molar-refractivity contribution is 6.32. The highest BCUT2D eigenvalue weighted by atomic mass is 35.5. The number of aliphatic hydroxyl groups excluding tert-OH is 1. The molecule has 0 fully saturated rings. The van der Waals surface area contributed by atoms with Gasteiger partial charge in [0.25, 0.3) is 5.91 Å². The Hall–Kier alpha value is -3.15. The van der Waals surface area contributed by atoms with E-state index < -0.39 is 12.1 Å². The summed E-state index contributed by atoms with van der Waals surface area (Å²) in [6.45, 7) is 1.87. The number of amides is 1. The first kappa shape index (κ1) is 20.6. The van der Waals surface area contributed by atoms with Crippen LogP contribution >= 0.6 is 11.6 Å². The first-order valence-electron chi connectivity index (χ1n) is 9.02. The topological polar surface area (TPSA) is 73.1 Å². The molecule has 2 N–H and O–H groups in total. The number of phenols is 1. The van der Waals surface area contributed by atoms with Crippen LogP contribution in [0.4, 0.5) is 5.69 Å². The van der Waals surface area contributed by atoms with Crippen molar-refractivity contribution in [1.82, 2.24) is 0 Å². The number of phenolic OH excluding ortho intramolecular Hbond substituents is 1. The molecule has 1 heterocycles. The Kier molecular flexibility index (Phi) is 6.32. The summed E-state index contributed by atoms with van der Waals surface area (Å²) in [5.41, 5.74) is 3.69. The zero-order valence-electron chi connectivity index (χ0n) is 16.1. The maximum Gasteiger partial charge on any atom is 0.278 e. The number of carbonyl (C=O) groups excluding carboxylic acids is 1. The molecule has 1 aliphatic heterocycles. The summed E-state index contributed by atoms with van der Waals surface area (Å²) >= 11 is 6.08. The predicted molar refractivity (Wildman–Crippen MR) is 116 cm³/mol. The number of hydrogen-bond acceptors (Lipinski definition) is 4. The molecule has 148 valence electrons. The first-order valence-corrected chi connectivity index (χ1v) is 9.39. The molecule has 3 aromatic carbocycles. The number of benzodiazepines with no additional fused rings is 1. The summed E-state index contributed by atoms with van der Waals surface area (Å²) in [4.78, 5) is 17.7. The number of fused-ring (bicyclic) bond motifs is 1. The van der Waals surface area contributed by atoms with Gasteiger partial charge in [0, 0.05) is 23.2 Å². The number of para-hydroxylation sites is 1. The van der Waals surface area contributed by atoms with Crippen LogP contribution in [0.1, 0.15) is 16.7 Å². The number of likely N-dealkylation sites (N-methyl/N-ethyl adjacent to an activating group) is 1. The van der Waals surface area contributed by atoms with E-state index in [1.165, 1.54) is 4.90 Å². The van der Waals surface area contributed by atoms with Crippen LogP contribution in [0.2, 0.25) is 5.02 Å². The van der Waals surface area contributed by atoms with Crippen molar-refractivity contribution in [2.24, 2.45) is 4.99 Å². The SMILES string of the molecule is CN1C(=O)C(O)N=C(c2ccccc2)c2cc(Cl)ccc21.Cc1ccccc1O. The standard InChI is InChI=1S/C16H13ClN2O2.C7H8O/c1-19-13-8-7-11(17)9-12(13)14(18-15(20)16(19)21)10-5-3-2-4-6-10;1-6-4-2-3-5-7(6)8/h2-9,15,20H,1H3;2-5,8H,1H3. The maximum atomic E-state index is 12.1.